The van der Waals surface area contributed by atoms with Crippen molar-refractivity contribution in [2.24, 2.45) is 0 Å². The zero-order valence-corrected chi connectivity index (χ0v) is 19.3. The Morgan fingerprint density at radius 3 is 2.41 bits per heavy atom. The molecule has 0 aromatic heterocycles. The Labute approximate surface area is 200 Å². The number of halogens is 1. The Bertz CT molecular complexity index is 1420. The lowest BCUT2D eigenvalue weighted by Crippen LogP contribution is -2.13. The van der Waals surface area contributed by atoms with E-state index >= 15 is 0 Å². The minimum Gasteiger partial charge on any atom is -0.322 e. The smallest absolute Gasteiger partial charge is 0.276 e. The molecule has 3 aromatic carbocycles. The van der Waals surface area contributed by atoms with Crippen LogP contribution in [-0.4, -0.2) is 31.4 Å². The molecule has 0 aliphatic heterocycles. The second-order valence-corrected chi connectivity index (χ2v) is 9.51. The molecule has 0 atom stereocenters. The van der Waals surface area contributed by atoms with Crippen LogP contribution in [0.3, 0.4) is 0 Å². The number of amides is 2. The van der Waals surface area contributed by atoms with E-state index in [1.54, 1.807) is 6.07 Å². The summed E-state index contributed by atoms with van der Waals surface area (Å²) in [4.78, 5) is 35.2. The zero-order valence-electron chi connectivity index (χ0n) is 17.7. The summed E-state index contributed by atoms with van der Waals surface area (Å²) in [6, 6.07) is 16.0. The molecule has 0 unspecified atom stereocenters. The molecule has 2 amide bonds. The van der Waals surface area contributed by atoms with Gasteiger partial charge in [0.05, 0.1) is 26.1 Å². The number of benzene rings is 3. The van der Waals surface area contributed by atoms with Crippen molar-refractivity contribution >= 4 is 56.4 Å². The average Bonchev–Trinajstić information content (AvgIpc) is 2.79. The van der Waals surface area contributed by atoms with Crippen LogP contribution in [0.25, 0.3) is 6.08 Å². The van der Waals surface area contributed by atoms with Crippen molar-refractivity contribution in [3.63, 3.8) is 0 Å². The van der Waals surface area contributed by atoms with E-state index in [4.69, 9.17) is 11.6 Å². The van der Waals surface area contributed by atoms with Gasteiger partial charge in [-0.2, -0.15) is 0 Å². The van der Waals surface area contributed by atoms with Gasteiger partial charge >= 0.3 is 0 Å². The fraction of sp³-hybridized carbons (Fsp3) is 0.0435. The number of hydrogen-bond acceptors (Lipinski definition) is 6. The lowest BCUT2D eigenvalue weighted by molar-refractivity contribution is -0.385. The summed E-state index contributed by atoms with van der Waals surface area (Å²) in [6.07, 6.45) is 3.53. The predicted molar refractivity (Wildman–Crippen MR) is 130 cm³/mol. The minimum absolute atomic E-state index is 0.0122. The number of hydrogen-bond donors (Lipinski definition) is 2. The lowest BCUT2D eigenvalue weighted by atomic mass is 10.1. The summed E-state index contributed by atoms with van der Waals surface area (Å²) < 4.78 is 23.4. The summed E-state index contributed by atoms with van der Waals surface area (Å²) in [5, 5.41) is 16.4. The monoisotopic (exact) mass is 499 g/mol. The first-order chi connectivity index (χ1) is 16.0. The highest BCUT2D eigenvalue weighted by atomic mass is 35.5. The molecule has 0 bridgehead atoms. The minimum atomic E-state index is -3.47. The fourth-order valence-corrected chi connectivity index (χ4v) is 3.80. The molecule has 0 saturated heterocycles. The Morgan fingerprint density at radius 2 is 1.74 bits per heavy atom. The molecule has 0 radical (unpaired) electrons. The number of carbonyl (C=O) groups excluding carboxylic acids is 2. The maximum atomic E-state index is 12.5. The molecule has 0 saturated carbocycles. The molecular formula is C23H18ClN3O6S. The van der Waals surface area contributed by atoms with Crippen LogP contribution in [0.4, 0.5) is 17.1 Å². The standard InChI is InChI=1S/C23H18ClN3O6S/c1-34(32,33)18-7-4-6-16(13-18)23(29)26-20-11-10-17(14-19(20)24)25-22(28)12-9-15-5-2-3-8-21(15)27(30)31/h2-14H,1H3,(H,25,28)(H,26,29)/b12-9+. The van der Waals surface area contributed by atoms with Gasteiger partial charge in [0.1, 0.15) is 0 Å². The van der Waals surface area contributed by atoms with Gasteiger partial charge in [-0.3, -0.25) is 19.7 Å². The Kier molecular flexibility index (Phi) is 7.44. The first-order valence-corrected chi connectivity index (χ1v) is 11.9. The van der Waals surface area contributed by atoms with Crippen LogP contribution in [0.1, 0.15) is 15.9 Å². The summed E-state index contributed by atoms with van der Waals surface area (Å²) in [7, 11) is -3.47. The van der Waals surface area contributed by atoms with Gasteiger partial charge in [0.2, 0.25) is 5.91 Å². The highest BCUT2D eigenvalue weighted by molar-refractivity contribution is 7.90. The number of anilines is 2. The van der Waals surface area contributed by atoms with E-state index in [0.29, 0.717) is 5.69 Å². The molecule has 2 N–H and O–H groups in total. The van der Waals surface area contributed by atoms with Gasteiger partial charge in [-0.25, -0.2) is 8.42 Å². The molecule has 11 heteroatoms. The van der Waals surface area contributed by atoms with E-state index < -0.39 is 26.6 Å². The zero-order chi connectivity index (χ0) is 24.9. The van der Waals surface area contributed by atoms with Crippen molar-refractivity contribution in [3.05, 3.63) is 99.1 Å². The van der Waals surface area contributed by atoms with Crippen LogP contribution in [0, 0.1) is 10.1 Å². The third-order valence-corrected chi connectivity index (χ3v) is 5.98. The maximum Gasteiger partial charge on any atom is 0.276 e. The number of nitrogens with one attached hydrogen (secondary N) is 2. The van der Waals surface area contributed by atoms with Crippen LogP contribution in [-0.2, 0) is 14.6 Å². The van der Waals surface area contributed by atoms with Gasteiger partial charge in [-0.15, -0.1) is 0 Å². The van der Waals surface area contributed by atoms with Crippen molar-refractivity contribution < 1.29 is 22.9 Å². The second-order valence-electron chi connectivity index (χ2n) is 7.09. The number of para-hydroxylation sites is 1. The van der Waals surface area contributed by atoms with Gasteiger partial charge in [0, 0.05) is 29.6 Å². The molecule has 0 fully saturated rings. The van der Waals surface area contributed by atoms with Crippen LogP contribution >= 0.6 is 11.6 Å². The summed E-state index contributed by atoms with van der Waals surface area (Å²) in [5.41, 5.74) is 0.871. The number of nitro benzene ring substituents is 1. The van der Waals surface area contributed by atoms with Gasteiger partial charge in [0.15, 0.2) is 9.84 Å². The van der Waals surface area contributed by atoms with E-state index in [-0.39, 0.29) is 32.4 Å². The fourth-order valence-electron chi connectivity index (χ4n) is 2.90. The molecule has 3 rings (SSSR count). The van der Waals surface area contributed by atoms with Crippen LogP contribution in [0.5, 0.6) is 0 Å². The molecule has 0 spiro atoms. The number of sulfone groups is 1. The molecule has 0 heterocycles. The molecule has 174 valence electrons. The molecule has 3 aromatic rings. The van der Waals surface area contributed by atoms with E-state index in [2.05, 4.69) is 10.6 Å². The molecule has 9 nitrogen and oxygen atoms in total. The highest BCUT2D eigenvalue weighted by Crippen LogP contribution is 2.26. The topological polar surface area (TPSA) is 135 Å². The first-order valence-electron chi connectivity index (χ1n) is 9.68. The number of rotatable bonds is 7. The highest BCUT2D eigenvalue weighted by Gasteiger charge is 2.14. The van der Waals surface area contributed by atoms with Crippen molar-refractivity contribution in [3.8, 4) is 0 Å². The van der Waals surface area contributed by atoms with Gasteiger partial charge in [-0.05, 0) is 48.5 Å². The van der Waals surface area contributed by atoms with Crippen LogP contribution in [0.15, 0.2) is 77.7 Å². The molecule has 34 heavy (non-hydrogen) atoms. The normalized spacial score (nSPS) is 11.2. The Hall–Kier alpha value is -4.02. The van der Waals surface area contributed by atoms with Gasteiger partial charge in [0.25, 0.3) is 11.6 Å². The predicted octanol–water partition coefficient (Wildman–Crippen LogP) is 4.56. The second kappa shape index (κ2) is 10.3. The van der Waals surface area contributed by atoms with Crippen LogP contribution in [0.2, 0.25) is 5.02 Å². The van der Waals surface area contributed by atoms with E-state index in [0.717, 1.165) is 12.3 Å². The average molecular weight is 500 g/mol. The SMILES string of the molecule is CS(=O)(=O)c1cccc(C(=O)Nc2ccc(NC(=O)/C=C/c3ccccc3[N+](=O)[O-])cc2Cl)c1. The number of carbonyl (C=O) groups is 2. The summed E-state index contributed by atoms with van der Waals surface area (Å²) in [5.74, 6) is -1.10. The third-order valence-electron chi connectivity index (χ3n) is 4.56. The maximum absolute atomic E-state index is 12.5. The Morgan fingerprint density at radius 1 is 1.00 bits per heavy atom. The third kappa shape index (κ3) is 6.27. The van der Waals surface area contributed by atoms with Crippen molar-refractivity contribution in [2.45, 2.75) is 4.90 Å². The lowest BCUT2D eigenvalue weighted by Gasteiger charge is -2.10. The summed E-state index contributed by atoms with van der Waals surface area (Å²) >= 11 is 6.22. The van der Waals surface area contributed by atoms with E-state index in [1.165, 1.54) is 66.7 Å². The van der Waals surface area contributed by atoms with Crippen molar-refractivity contribution in [2.75, 3.05) is 16.9 Å². The Balaban J connectivity index is 1.69. The van der Waals surface area contributed by atoms with Crippen molar-refractivity contribution in [1.82, 2.24) is 0 Å². The quantitative estimate of drug-likeness (QED) is 0.278. The molecular weight excluding hydrogens is 482 g/mol. The number of nitrogens with zero attached hydrogens (tertiary/aromatic N) is 1. The van der Waals surface area contributed by atoms with E-state index in [9.17, 15) is 28.1 Å². The van der Waals surface area contributed by atoms with Gasteiger partial charge < -0.3 is 10.6 Å². The van der Waals surface area contributed by atoms with Crippen LogP contribution < -0.4 is 10.6 Å². The van der Waals surface area contributed by atoms with Crippen molar-refractivity contribution in [1.29, 1.82) is 0 Å². The van der Waals surface area contributed by atoms with Gasteiger partial charge in [-0.1, -0.05) is 29.8 Å². The molecule has 0 aliphatic carbocycles. The first kappa shape index (κ1) is 24.6. The molecule has 0 aliphatic rings. The number of nitro groups is 1. The largest absolute Gasteiger partial charge is 0.322 e. The summed E-state index contributed by atoms with van der Waals surface area (Å²) in [6.45, 7) is 0. The van der Waals surface area contributed by atoms with E-state index in [1.807, 2.05) is 0 Å².